The number of rotatable bonds is 2. The predicted octanol–water partition coefficient (Wildman–Crippen LogP) is 3.95. The Morgan fingerprint density at radius 3 is 2.53 bits per heavy atom. The zero-order valence-electron chi connectivity index (χ0n) is 8.38. The van der Waals surface area contributed by atoms with Crippen molar-refractivity contribution in [3.63, 3.8) is 0 Å². The number of amides is 1. The number of anilines is 1. The minimum Gasteiger partial charge on any atom is -0.447 e. The molecule has 5 heteroatoms. The monoisotopic (exact) mass is 247 g/mol. The van der Waals surface area contributed by atoms with Crippen molar-refractivity contribution in [1.29, 1.82) is 0 Å². The largest absolute Gasteiger partial charge is 0.447 e. The minimum atomic E-state index is -0.511. The van der Waals surface area contributed by atoms with Crippen LogP contribution in [0.4, 0.5) is 10.5 Å². The van der Waals surface area contributed by atoms with E-state index < -0.39 is 6.09 Å². The Bertz CT molecular complexity index is 366. The van der Waals surface area contributed by atoms with E-state index >= 15 is 0 Å². The van der Waals surface area contributed by atoms with Gasteiger partial charge in [-0.2, -0.15) is 0 Å². The molecule has 0 saturated heterocycles. The normalized spacial score (nSPS) is 10.2. The van der Waals surface area contributed by atoms with Crippen LogP contribution in [0.2, 0.25) is 10.0 Å². The molecule has 0 aliphatic carbocycles. The molecule has 1 rings (SSSR count). The maximum atomic E-state index is 11.2. The molecule has 0 spiro atoms. The molecule has 82 valence electrons. The molecule has 1 aromatic rings. The topological polar surface area (TPSA) is 38.3 Å². The van der Waals surface area contributed by atoms with Gasteiger partial charge in [0.1, 0.15) is 0 Å². The van der Waals surface area contributed by atoms with Crippen molar-refractivity contribution in [2.45, 2.75) is 20.0 Å². The van der Waals surface area contributed by atoms with Crippen molar-refractivity contribution in [2.75, 3.05) is 5.32 Å². The van der Waals surface area contributed by atoms with Gasteiger partial charge in [-0.25, -0.2) is 4.79 Å². The van der Waals surface area contributed by atoms with E-state index in [1.54, 1.807) is 32.0 Å². The van der Waals surface area contributed by atoms with Crippen LogP contribution in [0.1, 0.15) is 13.8 Å². The van der Waals surface area contributed by atoms with Gasteiger partial charge < -0.3 is 4.74 Å². The van der Waals surface area contributed by atoms with Crippen molar-refractivity contribution in [2.24, 2.45) is 0 Å². The van der Waals surface area contributed by atoms with Crippen LogP contribution in [-0.4, -0.2) is 12.2 Å². The van der Waals surface area contributed by atoms with Crippen LogP contribution in [0.25, 0.3) is 0 Å². The van der Waals surface area contributed by atoms with Gasteiger partial charge >= 0.3 is 6.09 Å². The Morgan fingerprint density at radius 2 is 2.00 bits per heavy atom. The van der Waals surface area contributed by atoms with Gasteiger partial charge in [0, 0.05) is 5.69 Å². The summed E-state index contributed by atoms with van der Waals surface area (Å²) in [5.74, 6) is 0. The van der Waals surface area contributed by atoms with Crippen LogP contribution in [0.3, 0.4) is 0 Å². The predicted molar refractivity (Wildman–Crippen MR) is 61.7 cm³/mol. The number of halogens is 2. The van der Waals surface area contributed by atoms with Gasteiger partial charge in [-0.3, -0.25) is 5.32 Å². The number of nitrogens with one attached hydrogen (secondary N) is 1. The fourth-order valence-corrected chi connectivity index (χ4v) is 1.23. The fraction of sp³-hybridized carbons (Fsp3) is 0.300. The number of ether oxygens (including phenoxy) is 1. The summed E-state index contributed by atoms with van der Waals surface area (Å²) in [6.45, 7) is 3.54. The second-order valence-corrected chi connectivity index (χ2v) is 4.02. The lowest BCUT2D eigenvalue weighted by atomic mass is 10.3. The highest BCUT2D eigenvalue weighted by molar-refractivity contribution is 6.42. The van der Waals surface area contributed by atoms with E-state index in [9.17, 15) is 4.79 Å². The third kappa shape index (κ3) is 3.98. The summed E-state index contributed by atoms with van der Waals surface area (Å²) in [7, 11) is 0. The molecule has 1 N–H and O–H groups in total. The van der Waals surface area contributed by atoms with Crippen LogP contribution in [0, 0.1) is 0 Å². The molecule has 0 fully saturated rings. The van der Waals surface area contributed by atoms with Gasteiger partial charge in [-0.1, -0.05) is 23.2 Å². The van der Waals surface area contributed by atoms with Gasteiger partial charge in [0.15, 0.2) is 0 Å². The maximum absolute atomic E-state index is 11.2. The molecule has 0 radical (unpaired) electrons. The smallest absolute Gasteiger partial charge is 0.411 e. The van der Waals surface area contributed by atoms with Crippen molar-refractivity contribution in [3.8, 4) is 0 Å². The van der Waals surface area contributed by atoms with Gasteiger partial charge in [0.05, 0.1) is 16.1 Å². The summed E-state index contributed by atoms with van der Waals surface area (Å²) in [6, 6.07) is 4.82. The number of hydrogen-bond donors (Lipinski definition) is 1. The molecule has 0 saturated carbocycles. The summed E-state index contributed by atoms with van der Waals surface area (Å²) >= 11 is 11.5. The maximum Gasteiger partial charge on any atom is 0.411 e. The van der Waals surface area contributed by atoms with E-state index in [-0.39, 0.29) is 6.10 Å². The molecule has 0 aliphatic rings. The molecule has 15 heavy (non-hydrogen) atoms. The van der Waals surface area contributed by atoms with Gasteiger partial charge in [-0.15, -0.1) is 0 Å². The van der Waals surface area contributed by atoms with Crippen molar-refractivity contribution in [3.05, 3.63) is 28.2 Å². The molecule has 3 nitrogen and oxygen atoms in total. The molecule has 0 atom stereocenters. The average molecular weight is 248 g/mol. The van der Waals surface area contributed by atoms with Gasteiger partial charge in [-0.05, 0) is 32.0 Å². The summed E-state index contributed by atoms with van der Waals surface area (Å²) < 4.78 is 4.90. The molecule has 1 aromatic carbocycles. The first-order chi connectivity index (χ1) is 6.99. The molecular weight excluding hydrogens is 237 g/mol. The molecule has 1 amide bonds. The Kier molecular flexibility index (Phi) is 4.24. The first-order valence-electron chi connectivity index (χ1n) is 4.41. The number of carbonyl (C=O) groups is 1. The Morgan fingerprint density at radius 1 is 1.33 bits per heavy atom. The first kappa shape index (κ1) is 12.1. The summed E-state index contributed by atoms with van der Waals surface area (Å²) in [5, 5.41) is 3.37. The summed E-state index contributed by atoms with van der Waals surface area (Å²) in [5.41, 5.74) is 0.551. The van der Waals surface area contributed by atoms with Crippen LogP contribution in [0.15, 0.2) is 18.2 Å². The zero-order valence-corrected chi connectivity index (χ0v) is 9.89. The number of carbonyl (C=O) groups excluding carboxylic acids is 1. The molecule has 0 bridgehead atoms. The quantitative estimate of drug-likeness (QED) is 0.860. The Balaban J connectivity index is 2.65. The fourth-order valence-electron chi connectivity index (χ4n) is 0.935. The Hall–Kier alpha value is -0.930. The highest BCUT2D eigenvalue weighted by Gasteiger charge is 2.06. The van der Waals surface area contributed by atoms with Gasteiger partial charge in [0.25, 0.3) is 0 Å². The lowest BCUT2D eigenvalue weighted by Gasteiger charge is -2.09. The van der Waals surface area contributed by atoms with Crippen LogP contribution in [0.5, 0.6) is 0 Å². The second-order valence-electron chi connectivity index (χ2n) is 3.21. The minimum absolute atomic E-state index is 0.159. The second kappa shape index (κ2) is 5.24. The summed E-state index contributed by atoms with van der Waals surface area (Å²) in [4.78, 5) is 11.2. The number of hydrogen-bond acceptors (Lipinski definition) is 2. The zero-order chi connectivity index (χ0) is 11.4. The Labute approximate surface area is 98.3 Å². The summed E-state index contributed by atoms with van der Waals surface area (Å²) in [6.07, 6.45) is -0.670. The molecular formula is C10H11Cl2NO2. The van der Waals surface area contributed by atoms with E-state index in [4.69, 9.17) is 27.9 Å². The third-order valence-electron chi connectivity index (χ3n) is 1.51. The first-order valence-corrected chi connectivity index (χ1v) is 5.17. The van der Waals surface area contributed by atoms with E-state index in [0.29, 0.717) is 15.7 Å². The lowest BCUT2D eigenvalue weighted by molar-refractivity contribution is 0.130. The van der Waals surface area contributed by atoms with Gasteiger partial charge in [0.2, 0.25) is 0 Å². The highest BCUT2D eigenvalue weighted by atomic mass is 35.5. The standard InChI is InChI=1S/C10H11Cl2NO2/c1-6(2)15-10(14)13-7-3-4-8(11)9(12)5-7/h3-6H,1-2H3,(H,13,14). The average Bonchev–Trinajstić information content (AvgIpc) is 2.10. The van der Waals surface area contributed by atoms with Crippen molar-refractivity contribution >= 4 is 35.0 Å². The van der Waals surface area contributed by atoms with E-state index in [1.807, 2.05) is 0 Å². The van der Waals surface area contributed by atoms with E-state index in [1.165, 1.54) is 0 Å². The van der Waals surface area contributed by atoms with Crippen LogP contribution >= 0.6 is 23.2 Å². The van der Waals surface area contributed by atoms with Crippen molar-refractivity contribution in [1.82, 2.24) is 0 Å². The SMILES string of the molecule is CC(C)OC(=O)Nc1ccc(Cl)c(Cl)c1. The van der Waals surface area contributed by atoms with Crippen LogP contribution in [-0.2, 0) is 4.74 Å². The molecule has 0 heterocycles. The van der Waals surface area contributed by atoms with E-state index in [0.717, 1.165) is 0 Å². The molecule has 0 aliphatic heterocycles. The molecule has 0 aromatic heterocycles. The van der Waals surface area contributed by atoms with Crippen LogP contribution < -0.4 is 5.32 Å². The number of benzene rings is 1. The molecule has 0 unspecified atom stereocenters. The highest BCUT2D eigenvalue weighted by Crippen LogP contribution is 2.25. The van der Waals surface area contributed by atoms with Crippen molar-refractivity contribution < 1.29 is 9.53 Å². The lowest BCUT2D eigenvalue weighted by Crippen LogP contribution is -2.17. The third-order valence-corrected chi connectivity index (χ3v) is 2.25. The van der Waals surface area contributed by atoms with E-state index in [2.05, 4.69) is 5.32 Å².